The van der Waals surface area contributed by atoms with Gasteiger partial charge in [-0.15, -0.1) is 0 Å². The van der Waals surface area contributed by atoms with Gasteiger partial charge >= 0.3 is 21.6 Å². The molecule has 0 radical (unpaired) electrons. The fourth-order valence-corrected chi connectivity index (χ4v) is 2.16. The largest absolute Gasteiger partial charge is 0.474 e. The molecule has 1 aliphatic heterocycles. The SMILES string of the molecule is O=P(O)(O)OC[C@H]1O[C@](O)(OP(=O)(O)O)[C@H](O)[C@@H]1O. The molecule has 12 nitrogen and oxygen atoms in total. The number of hydrogen-bond acceptors (Lipinski definition) is 8. The monoisotopic (exact) mass is 326 g/mol. The second-order valence-corrected chi connectivity index (χ2v) is 5.99. The van der Waals surface area contributed by atoms with E-state index in [1.807, 2.05) is 0 Å². The third kappa shape index (κ3) is 4.83. The van der Waals surface area contributed by atoms with Crippen LogP contribution in [0.3, 0.4) is 0 Å². The van der Waals surface area contributed by atoms with Crippen molar-refractivity contribution in [1.29, 1.82) is 0 Å². The van der Waals surface area contributed by atoms with E-state index in [0.717, 1.165) is 0 Å². The second-order valence-electron chi connectivity index (χ2n) is 3.59. The number of phosphoric acid groups is 2. The molecule has 1 aliphatic rings. The normalized spacial score (nSPS) is 36.7. The van der Waals surface area contributed by atoms with E-state index in [1.54, 1.807) is 0 Å². The molecule has 0 aromatic carbocycles. The Bertz CT molecular complexity index is 412. The van der Waals surface area contributed by atoms with Gasteiger partial charge in [-0.3, -0.25) is 4.52 Å². The zero-order chi connectivity index (χ0) is 15.1. The number of aliphatic hydroxyl groups excluding tert-OH is 2. The maximum absolute atomic E-state index is 10.6. The Hall–Kier alpha value is 0.0600. The number of hydrogen-bond donors (Lipinski definition) is 7. The van der Waals surface area contributed by atoms with Gasteiger partial charge in [-0.2, -0.15) is 0 Å². The Morgan fingerprint density at radius 1 is 1.11 bits per heavy atom. The van der Waals surface area contributed by atoms with Crippen LogP contribution in [0.25, 0.3) is 0 Å². The molecule has 1 fully saturated rings. The summed E-state index contributed by atoms with van der Waals surface area (Å²) < 4.78 is 33.1. The van der Waals surface area contributed by atoms with Gasteiger partial charge < -0.3 is 39.6 Å². The van der Waals surface area contributed by atoms with Crippen molar-refractivity contribution < 1.29 is 57.8 Å². The van der Waals surface area contributed by atoms with Crippen LogP contribution in [0, 0.1) is 0 Å². The van der Waals surface area contributed by atoms with Crippen molar-refractivity contribution >= 4 is 15.6 Å². The van der Waals surface area contributed by atoms with E-state index in [1.165, 1.54) is 0 Å². The van der Waals surface area contributed by atoms with Gasteiger partial charge in [0, 0.05) is 0 Å². The molecule has 1 saturated heterocycles. The summed E-state index contributed by atoms with van der Waals surface area (Å²) in [5.41, 5.74) is 0. The summed E-state index contributed by atoms with van der Waals surface area (Å²) in [7, 11) is -10.2. The Labute approximate surface area is 105 Å². The molecule has 19 heavy (non-hydrogen) atoms. The van der Waals surface area contributed by atoms with Crippen LogP contribution in [0.2, 0.25) is 0 Å². The maximum atomic E-state index is 10.6. The van der Waals surface area contributed by atoms with Crippen molar-refractivity contribution in [3.63, 3.8) is 0 Å². The zero-order valence-corrected chi connectivity index (χ0v) is 10.8. The Morgan fingerprint density at radius 2 is 1.63 bits per heavy atom. The highest BCUT2D eigenvalue weighted by Crippen LogP contribution is 2.46. The minimum atomic E-state index is -5.26. The molecule has 1 rings (SSSR count). The summed E-state index contributed by atoms with van der Waals surface area (Å²) in [5.74, 6) is -3.23. The first-order valence-corrected chi connectivity index (χ1v) is 7.63. The molecule has 0 bridgehead atoms. The van der Waals surface area contributed by atoms with E-state index in [9.17, 15) is 24.4 Å². The van der Waals surface area contributed by atoms with Gasteiger partial charge in [-0.1, -0.05) is 0 Å². The molecular weight excluding hydrogens is 314 g/mol. The topological polar surface area (TPSA) is 203 Å². The summed E-state index contributed by atoms with van der Waals surface area (Å²) in [6, 6.07) is 0. The van der Waals surface area contributed by atoms with Crippen LogP contribution in [-0.4, -0.2) is 65.8 Å². The number of rotatable bonds is 5. The molecule has 0 aromatic heterocycles. The fourth-order valence-electron chi connectivity index (χ4n) is 1.32. The van der Waals surface area contributed by atoms with Crippen molar-refractivity contribution in [3.8, 4) is 0 Å². The summed E-state index contributed by atoms with van der Waals surface area (Å²) in [6.45, 7) is -0.963. The van der Waals surface area contributed by atoms with Gasteiger partial charge in [0.25, 0.3) is 0 Å². The second kappa shape index (κ2) is 5.45. The molecule has 0 amide bonds. The molecule has 7 N–H and O–H groups in total. The van der Waals surface area contributed by atoms with E-state index >= 15 is 0 Å². The van der Waals surface area contributed by atoms with Crippen molar-refractivity contribution in [3.05, 3.63) is 0 Å². The lowest BCUT2D eigenvalue weighted by molar-refractivity contribution is -0.343. The third-order valence-electron chi connectivity index (χ3n) is 2.06. The van der Waals surface area contributed by atoms with E-state index in [2.05, 4.69) is 13.8 Å². The van der Waals surface area contributed by atoms with Crippen LogP contribution < -0.4 is 0 Å². The van der Waals surface area contributed by atoms with Gasteiger partial charge in [-0.25, -0.2) is 13.7 Å². The molecule has 114 valence electrons. The lowest BCUT2D eigenvalue weighted by atomic mass is 10.1. The average Bonchev–Trinajstić information content (AvgIpc) is 2.36. The zero-order valence-electron chi connectivity index (χ0n) is 9.01. The van der Waals surface area contributed by atoms with Crippen LogP contribution in [0.4, 0.5) is 0 Å². The first kappa shape index (κ1) is 17.1. The maximum Gasteiger partial charge on any atom is 0.474 e. The van der Waals surface area contributed by atoms with Crippen LogP contribution in [0.1, 0.15) is 0 Å². The van der Waals surface area contributed by atoms with Gasteiger partial charge in [0.05, 0.1) is 6.61 Å². The summed E-state index contributed by atoms with van der Waals surface area (Å²) >= 11 is 0. The lowest BCUT2D eigenvalue weighted by Gasteiger charge is -2.25. The van der Waals surface area contributed by atoms with Crippen molar-refractivity contribution in [2.45, 2.75) is 24.3 Å². The smallest absolute Gasteiger partial charge is 0.387 e. The molecule has 4 atom stereocenters. The van der Waals surface area contributed by atoms with E-state index in [-0.39, 0.29) is 0 Å². The van der Waals surface area contributed by atoms with Crippen molar-refractivity contribution in [1.82, 2.24) is 0 Å². The molecule has 14 heteroatoms. The van der Waals surface area contributed by atoms with Crippen LogP contribution >= 0.6 is 15.6 Å². The van der Waals surface area contributed by atoms with Gasteiger partial charge in [0.1, 0.15) is 12.2 Å². The summed E-state index contributed by atoms with van der Waals surface area (Å²) in [5, 5.41) is 28.2. The van der Waals surface area contributed by atoms with E-state index in [0.29, 0.717) is 0 Å². The van der Waals surface area contributed by atoms with Crippen molar-refractivity contribution in [2.75, 3.05) is 6.61 Å². The van der Waals surface area contributed by atoms with Gasteiger partial charge in [0.15, 0.2) is 6.10 Å². The van der Waals surface area contributed by atoms with Gasteiger partial charge in [0.2, 0.25) is 0 Å². The Kier molecular flexibility index (Phi) is 4.91. The highest BCUT2D eigenvalue weighted by Gasteiger charge is 2.58. The standard InChI is InChI=1S/C5H12O12P2/c6-3-2(1-15-18(9,10)11)16-5(8,4(3)7)17-19(12,13)14/h2-4,6-8H,1H2,(H2,9,10,11)(H2,12,13,14)/t2-,3-,4-,5+/m1/s1. The van der Waals surface area contributed by atoms with Crippen LogP contribution in [0.15, 0.2) is 0 Å². The number of ether oxygens (including phenoxy) is 1. The molecule has 0 aliphatic carbocycles. The minimum absolute atomic E-state index is 0.963. The summed E-state index contributed by atoms with van der Waals surface area (Å²) in [6.07, 6.45) is -5.92. The van der Waals surface area contributed by atoms with Crippen molar-refractivity contribution in [2.24, 2.45) is 0 Å². The molecule has 1 heterocycles. The number of aliphatic hydroxyl groups is 3. The van der Waals surface area contributed by atoms with E-state index < -0.39 is 46.5 Å². The molecule has 0 aromatic rings. The fraction of sp³-hybridized carbons (Fsp3) is 1.00. The third-order valence-corrected chi connectivity index (χ3v) is 3.04. The van der Waals surface area contributed by atoms with Crippen LogP contribution in [-0.2, 0) is 22.9 Å². The summed E-state index contributed by atoms with van der Waals surface area (Å²) in [4.78, 5) is 33.8. The molecular formula is C5H12O12P2. The molecule has 0 unspecified atom stereocenters. The predicted octanol–water partition coefficient (Wildman–Crippen LogP) is -3.03. The predicted molar refractivity (Wildman–Crippen MR) is 53.0 cm³/mol. The Morgan fingerprint density at radius 3 is 2.05 bits per heavy atom. The molecule has 0 saturated carbocycles. The van der Waals surface area contributed by atoms with Gasteiger partial charge in [-0.05, 0) is 0 Å². The first-order chi connectivity index (χ1) is 8.34. The van der Waals surface area contributed by atoms with Crippen LogP contribution in [0.5, 0.6) is 0 Å². The molecule has 0 spiro atoms. The highest BCUT2D eigenvalue weighted by molar-refractivity contribution is 7.46. The highest BCUT2D eigenvalue weighted by atomic mass is 31.2. The lowest BCUT2D eigenvalue weighted by Crippen LogP contribution is -2.44. The Balaban J connectivity index is 2.75. The minimum Gasteiger partial charge on any atom is -0.387 e. The quantitative estimate of drug-likeness (QED) is 0.199. The number of phosphoric ester groups is 2. The first-order valence-electron chi connectivity index (χ1n) is 4.57. The van der Waals surface area contributed by atoms with E-state index in [4.69, 9.17) is 19.6 Å². The average molecular weight is 326 g/mol.